The van der Waals surface area contributed by atoms with Crippen LogP contribution in [-0.4, -0.2) is 39.7 Å². The summed E-state index contributed by atoms with van der Waals surface area (Å²) in [7, 11) is 0. The first kappa shape index (κ1) is 13.5. The van der Waals surface area contributed by atoms with E-state index in [1.807, 2.05) is 0 Å². The second kappa shape index (κ2) is 4.61. The lowest BCUT2D eigenvalue weighted by molar-refractivity contribution is -0.155. The SMILES string of the molecule is CC1(C)C(=O)NC(=O)CN1C(=O)Cc1csc(N)n1. The molecule has 0 saturated carbocycles. The van der Waals surface area contributed by atoms with E-state index in [0.717, 1.165) is 0 Å². The van der Waals surface area contributed by atoms with E-state index in [0.29, 0.717) is 10.8 Å². The van der Waals surface area contributed by atoms with Gasteiger partial charge in [-0.15, -0.1) is 11.3 Å². The monoisotopic (exact) mass is 282 g/mol. The Kier molecular flexibility index (Phi) is 3.27. The molecule has 8 heteroatoms. The van der Waals surface area contributed by atoms with E-state index in [2.05, 4.69) is 10.3 Å². The Morgan fingerprint density at radius 2 is 2.26 bits per heavy atom. The Morgan fingerprint density at radius 1 is 1.58 bits per heavy atom. The van der Waals surface area contributed by atoms with Crippen LogP contribution in [0, 0.1) is 0 Å². The van der Waals surface area contributed by atoms with Crippen molar-refractivity contribution >= 4 is 34.2 Å². The van der Waals surface area contributed by atoms with E-state index in [-0.39, 0.29) is 18.9 Å². The average molecular weight is 282 g/mol. The number of hydrogen-bond donors (Lipinski definition) is 2. The van der Waals surface area contributed by atoms with Crippen molar-refractivity contribution in [2.24, 2.45) is 0 Å². The van der Waals surface area contributed by atoms with Gasteiger partial charge < -0.3 is 10.6 Å². The zero-order valence-electron chi connectivity index (χ0n) is 10.6. The van der Waals surface area contributed by atoms with Gasteiger partial charge in [0.2, 0.25) is 11.8 Å². The van der Waals surface area contributed by atoms with Gasteiger partial charge in [0.15, 0.2) is 5.13 Å². The fourth-order valence-electron chi connectivity index (χ4n) is 1.84. The van der Waals surface area contributed by atoms with E-state index < -0.39 is 17.4 Å². The molecule has 0 unspecified atom stereocenters. The number of carbonyl (C=O) groups is 3. The van der Waals surface area contributed by atoms with E-state index in [4.69, 9.17) is 5.73 Å². The van der Waals surface area contributed by atoms with Crippen molar-refractivity contribution in [1.29, 1.82) is 0 Å². The van der Waals surface area contributed by atoms with E-state index >= 15 is 0 Å². The zero-order chi connectivity index (χ0) is 14.2. The van der Waals surface area contributed by atoms with Crippen molar-refractivity contribution < 1.29 is 14.4 Å². The highest BCUT2D eigenvalue weighted by Crippen LogP contribution is 2.20. The molecule has 7 nitrogen and oxygen atoms in total. The Bertz CT molecular complexity index is 552. The fraction of sp³-hybridized carbons (Fsp3) is 0.455. The molecule has 2 heterocycles. The van der Waals surface area contributed by atoms with Gasteiger partial charge in [-0.05, 0) is 13.8 Å². The second-order valence-corrected chi connectivity index (χ2v) is 5.66. The third-order valence-electron chi connectivity index (χ3n) is 2.99. The largest absolute Gasteiger partial charge is 0.375 e. The molecule has 0 bridgehead atoms. The van der Waals surface area contributed by atoms with Crippen LogP contribution in [0.5, 0.6) is 0 Å². The number of anilines is 1. The number of aromatic nitrogens is 1. The first-order chi connectivity index (χ1) is 8.80. The topological polar surface area (TPSA) is 105 Å². The fourth-order valence-corrected chi connectivity index (χ4v) is 2.40. The minimum absolute atomic E-state index is 0.0255. The Morgan fingerprint density at radius 3 is 2.84 bits per heavy atom. The van der Waals surface area contributed by atoms with Crippen LogP contribution < -0.4 is 11.1 Å². The highest BCUT2D eigenvalue weighted by Gasteiger charge is 2.43. The number of rotatable bonds is 2. The van der Waals surface area contributed by atoms with Crippen LogP contribution in [0.15, 0.2) is 5.38 Å². The molecule has 1 fully saturated rings. The maximum atomic E-state index is 12.2. The van der Waals surface area contributed by atoms with Gasteiger partial charge in [0, 0.05) is 5.38 Å². The first-order valence-electron chi connectivity index (χ1n) is 5.65. The van der Waals surface area contributed by atoms with E-state index in [9.17, 15) is 14.4 Å². The molecule has 19 heavy (non-hydrogen) atoms. The van der Waals surface area contributed by atoms with Gasteiger partial charge >= 0.3 is 0 Å². The van der Waals surface area contributed by atoms with Crippen LogP contribution in [0.3, 0.4) is 0 Å². The predicted molar refractivity (Wildman–Crippen MR) is 69.2 cm³/mol. The number of imide groups is 1. The number of carbonyl (C=O) groups excluding carboxylic acids is 3. The van der Waals surface area contributed by atoms with Crippen molar-refractivity contribution in [2.45, 2.75) is 25.8 Å². The summed E-state index contributed by atoms with van der Waals surface area (Å²) in [6.07, 6.45) is 0.0255. The van der Waals surface area contributed by atoms with Crippen molar-refractivity contribution in [3.8, 4) is 0 Å². The summed E-state index contributed by atoms with van der Waals surface area (Å²) in [6, 6.07) is 0. The van der Waals surface area contributed by atoms with E-state index in [1.54, 1.807) is 19.2 Å². The van der Waals surface area contributed by atoms with Crippen LogP contribution in [0.25, 0.3) is 0 Å². The third-order valence-corrected chi connectivity index (χ3v) is 3.71. The van der Waals surface area contributed by atoms with Crippen LogP contribution in [0.2, 0.25) is 0 Å². The van der Waals surface area contributed by atoms with Gasteiger partial charge in [-0.25, -0.2) is 4.98 Å². The average Bonchev–Trinajstić information content (AvgIpc) is 2.69. The molecule has 1 aliphatic rings. The number of piperazine rings is 1. The molecule has 102 valence electrons. The lowest BCUT2D eigenvalue weighted by Crippen LogP contribution is -2.65. The van der Waals surface area contributed by atoms with Crippen LogP contribution in [0.1, 0.15) is 19.5 Å². The van der Waals surface area contributed by atoms with Gasteiger partial charge in [-0.3, -0.25) is 19.7 Å². The van der Waals surface area contributed by atoms with Crippen molar-refractivity contribution in [1.82, 2.24) is 15.2 Å². The maximum Gasteiger partial charge on any atom is 0.252 e. The number of nitrogen functional groups attached to an aromatic ring is 1. The standard InChI is InChI=1S/C11H14N4O3S/c1-11(2)9(18)14-7(16)4-15(11)8(17)3-6-5-19-10(12)13-6/h5H,3-4H2,1-2H3,(H2,12,13)(H,14,16,18). The molecule has 2 rings (SSSR count). The van der Waals surface area contributed by atoms with Gasteiger partial charge in [0.25, 0.3) is 5.91 Å². The van der Waals surface area contributed by atoms with E-state index in [1.165, 1.54) is 16.2 Å². The summed E-state index contributed by atoms with van der Waals surface area (Å²) in [6.45, 7) is 3.07. The summed E-state index contributed by atoms with van der Waals surface area (Å²) < 4.78 is 0. The molecule has 0 radical (unpaired) electrons. The highest BCUT2D eigenvalue weighted by molar-refractivity contribution is 7.13. The highest BCUT2D eigenvalue weighted by atomic mass is 32.1. The quantitative estimate of drug-likeness (QED) is 0.713. The summed E-state index contributed by atoms with van der Waals surface area (Å²) >= 11 is 1.24. The molecule has 0 atom stereocenters. The van der Waals surface area contributed by atoms with Crippen molar-refractivity contribution in [3.63, 3.8) is 0 Å². The van der Waals surface area contributed by atoms with Crippen LogP contribution >= 0.6 is 11.3 Å². The Balaban J connectivity index is 2.17. The zero-order valence-corrected chi connectivity index (χ0v) is 11.4. The van der Waals surface area contributed by atoms with Crippen LogP contribution in [0.4, 0.5) is 5.13 Å². The molecule has 1 aromatic heterocycles. The molecule has 1 aliphatic heterocycles. The predicted octanol–water partition coefficient (Wildman–Crippen LogP) is -0.469. The number of nitrogens with zero attached hydrogens (tertiary/aromatic N) is 2. The minimum Gasteiger partial charge on any atom is -0.375 e. The molecular weight excluding hydrogens is 268 g/mol. The second-order valence-electron chi connectivity index (χ2n) is 4.77. The number of amides is 3. The van der Waals surface area contributed by atoms with Gasteiger partial charge in [0.05, 0.1) is 12.1 Å². The minimum atomic E-state index is -1.05. The Labute approximate surface area is 113 Å². The van der Waals surface area contributed by atoms with Gasteiger partial charge in [0.1, 0.15) is 12.1 Å². The summed E-state index contributed by atoms with van der Waals surface area (Å²) in [5.74, 6) is -1.27. The molecule has 3 amide bonds. The van der Waals surface area contributed by atoms with Gasteiger partial charge in [-0.1, -0.05) is 0 Å². The van der Waals surface area contributed by atoms with Crippen molar-refractivity contribution in [3.05, 3.63) is 11.1 Å². The summed E-state index contributed by atoms with van der Waals surface area (Å²) in [4.78, 5) is 40.6. The molecule has 0 aliphatic carbocycles. The molecule has 0 spiro atoms. The number of hydrogen-bond acceptors (Lipinski definition) is 6. The smallest absolute Gasteiger partial charge is 0.252 e. The lowest BCUT2D eigenvalue weighted by atomic mass is 9.98. The maximum absolute atomic E-state index is 12.2. The first-order valence-corrected chi connectivity index (χ1v) is 6.53. The molecule has 1 saturated heterocycles. The summed E-state index contributed by atoms with van der Waals surface area (Å²) in [5.41, 5.74) is 4.99. The van der Waals surface area contributed by atoms with Gasteiger partial charge in [-0.2, -0.15) is 0 Å². The molecule has 0 aromatic carbocycles. The number of nitrogens with one attached hydrogen (secondary N) is 1. The summed E-state index contributed by atoms with van der Waals surface area (Å²) in [5, 5.41) is 4.29. The van der Waals surface area contributed by atoms with Crippen LogP contribution in [-0.2, 0) is 20.8 Å². The molecule has 1 aromatic rings. The molecule has 3 N–H and O–H groups in total. The normalized spacial score (nSPS) is 18.3. The number of thiazole rings is 1. The lowest BCUT2D eigenvalue weighted by Gasteiger charge is -2.40. The third kappa shape index (κ3) is 2.58. The Hall–Kier alpha value is -1.96. The van der Waals surface area contributed by atoms with Crippen molar-refractivity contribution in [2.75, 3.05) is 12.3 Å². The molecular formula is C11H14N4O3S. The number of nitrogens with two attached hydrogens (primary N) is 1.